The maximum absolute atomic E-state index is 4.24. The molecule has 3 heteroatoms. The zero-order valence-corrected chi connectivity index (χ0v) is 8.81. The van der Waals surface area contributed by atoms with Crippen LogP contribution in [-0.2, 0) is 7.05 Å². The normalized spacial score (nSPS) is 13.2. The van der Waals surface area contributed by atoms with Crippen LogP contribution in [0.1, 0.15) is 12.7 Å². The summed E-state index contributed by atoms with van der Waals surface area (Å²) in [7, 11) is 3.73. The SMILES string of the molecule is C/N=C/C=C\C=C(/C)c1nccn1C. The number of aromatic nitrogens is 2. The van der Waals surface area contributed by atoms with Crippen LogP contribution in [0.3, 0.4) is 0 Å². The topological polar surface area (TPSA) is 30.2 Å². The lowest BCUT2D eigenvalue weighted by molar-refractivity contribution is 0.889. The van der Waals surface area contributed by atoms with Crippen molar-refractivity contribution in [3.05, 3.63) is 36.4 Å². The van der Waals surface area contributed by atoms with Crippen LogP contribution in [0.4, 0.5) is 0 Å². The van der Waals surface area contributed by atoms with E-state index in [-0.39, 0.29) is 0 Å². The molecule has 0 bridgehead atoms. The van der Waals surface area contributed by atoms with Gasteiger partial charge in [-0.25, -0.2) is 4.98 Å². The lowest BCUT2D eigenvalue weighted by Crippen LogP contribution is -1.93. The van der Waals surface area contributed by atoms with Gasteiger partial charge in [-0.1, -0.05) is 12.2 Å². The molecule has 74 valence electrons. The van der Waals surface area contributed by atoms with Crippen LogP contribution in [0.25, 0.3) is 5.57 Å². The number of allylic oxidation sites excluding steroid dienone is 4. The molecule has 0 saturated carbocycles. The predicted octanol–water partition coefficient (Wildman–Crippen LogP) is 2.08. The molecule has 0 unspecified atom stereocenters. The van der Waals surface area contributed by atoms with Crippen LogP contribution in [0.5, 0.6) is 0 Å². The molecule has 0 radical (unpaired) electrons. The van der Waals surface area contributed by atoms with E-state index in [1.165, 1.54) is 0 Å². The Balaban J connectivity index is 2.75. The maximum Gasteiger partial charge on any atom is 0.135 e. The summed E-state index contributed by atoms with van der Waals surface area (Å²) in [5.74, 6) is 0.989. The van der Waals surface area contributed by atoms with Gasteiger partial charge in [-0.05, 0) is 18.6 Å². The van der Waals surface area contributed by atoms with E-state index in [9.17, 15) is 0 Å². The Morgan fingerprint density at radius 1 is 1.50 bits per heavy atom. The zero-order valence-electron chi connectivity index (χ0n) is 8.81. The average Bonchev–Trinajstić information content (AvgIpc) is 2.59. The lowest BCUT2D eigenvalue weighted by Gasteiger charge is -1.99. The van der Waals surface area contributed by atoms with E-state index < -0.39 is 0 Å². The van der Waals surface area contributed by atoms with E-state index in [2.05, 4.69) is 9.98 Å². The fourth-order valence-corrected chi connectivity index (χ4v) is 1.16. The molecule has 1 rings (SSSR count). The third-order valence-electron chi connectivity index (χ3n) is 1.87. The van der Waals surface area contributed by atoms with Gasteiger partial charge in [-0.2, -0.15) is 0 Å². The van der Waals surface area contributed by atoms with Gasteiger partial charge in [0.1, 0.15) is 5.82 Å². The highest BCUT2D eigenvalue weighted by molar-refractivity contribution is 5.72. The van der Waals surface area contributed by atoms with Crippen molar-refractivity contribution < 1.29 is 0 Å². The second kappa shape index (κ2) is 5.17. The summed E-state index contributed by atoms with van der Waals surface area (Å²) in [5, 5.41) is 0. The molecule has 3 nitrogen and oxygen atoms in total. The standard InChI is InChI=1S/C11H15N3/c1-10(6-4-5-7-12-2)11-13-8-9-14(11)3/h4-9H,1-3H3/b5-4-,10-6+,12-7+. The van der Waals surface area contributed by atoms with E-state index in [0.717, 1.165) is 11.4 Å². The maximum atomic E-state index is 4.24. The number of rotatable bonds is 3. The highest BCUT2D eigenvalue weighted by Crippen LogP contribution is 2.09. The number of imidazole rings is 1. The summed E-state index contributed by atoms with van der Waals surface area (Å²) < 4.78 is 1.99. The first-order valence-corrected chi connectivity index (χ1v) is 4.49. The van der Waals surface area contributed by atoms with Gasteiger partial charge in [0.05, 0.1) is 0 Å². The van der Waals surface area contributed by atoms with E-state index in [0.29, 0.717) is 0 Å². The average molecular weight is 189 g/mol. The predicted molar refractivity (Wildman–Crippen MR) is 60.4 cm³/mol. The molecule has 0 aromatic carbocycles. The fourth-order valence-electron chi connectivity index (χ4n) is 1.16. The third kappa shape index (κ3) is 2.69. The summed E-state index contributed by atoms with van der Waals surface area (Å²) in [6, 6.07) is 0. The fraction of sp³-hybridized carbons (Fsp3) is 0.273. The van der Waals surface area contributed by atoms with Gasteiger partial charge in [0, 0.05) is 32.7 Å². The van der Waals surface area contributed by atoms with Gasteiger partial charge < -0.3 is 4.57 Å². The van der Waals surface area contributed by atoms with Crippen molar-refractivity contribution in [3.8, 4) is 0 Å². The number of nitrogens with zero attached hydrogens (tertiary/aromatic N) is 3. The largest absolute Gasteiger partial charge is 0.334 e. The summed E-state index contributed by atoms with van der Waals surface area (Å²) in [6.45, 7) is 2.04. The Bertz CT molecular complexity index is 370. The smallest absolute Gasteiger partial charge is 0.135 e. The molecular weight excluding hydrogens is 174 g/mol. The minimum Gasteiger partial charge on any atom is -0.334 e. The van der Waals surface area contributed by atoms with Gasteiger partial charge in [0.25, 0.3) is 0 Å². The van der Waals surface area contributed by atoms with Crippen molar-refractivity contribution in [3.63, 3.8) is 0 Å². The summed E-state index contributed by atoms with van der Waals surface area (Å²) in [6.07, 6.45) is 11.4. The highest BCUT2D eigenvalue weighted by atomic mass is 15.0. The van der Waals surface area contributed by atoms with Crippen molar-refractivity contribution in [2.75, 3.05) is 7.05 Å². The quantitative estimate of drug-likeness (QED) is 0.529. The molecule has 0 aliphatic carbocycles. The van der Waals surface area contributed by atoms with Crippen molar-refractivity contribution in [1.29, 1.82) is 0 Å². The molecule has 0 fully saturated rings. The minimum absolute atomic E-state index is 0.989. The van der Waals surface area contributed by atoms with Crippen LogP contribution >= 0.6 is 0 Å². The molecule has 0 aliphatic rings. The molecule has 0 amide bonds. The Kier molecular flexibility index (Phi) is 3.85. The number of aryl methyl sites for hydroxylation is 1. The summed E-state index contributed by atoms with van der Waals surface area (Å²) in [4.78, 5) is 8.09. The van der Waals surface area contributed by atoms with Crippen molar-refractivity contribution in [2.24, 2.45) is 12.0 Å². The van der Waals surface area contributed by atoms with Gasteiger partial charge >= 0.3 is 0 Å². The van der Waals surface area contributed by atoms with Crippen LogP contribution in [0.2, 0.25) is 0 Å². The molecule has 0 aliphatic heterocycles. The molecule has 0 spiro atoms. The van der Waals surface area contributed by atoms with Crippen LogP contribution in [0, 0.1) is 0 Å². The summed E-state index contributed by atoms with van der Waals surface area (Å²) in [5.41, 5.74) is 1.14. The number of hydrogen-bond donors (Lipinski definition) is 0. The first kappa shape index (κ1) is 10.4. The van der Waals surface area contributed by atoms with Gasteiger partial charge in [-0.15, -0.1) is 0 Å². The monoisotopic (exact) mass is 189 g/mol. The molecule has 0 N–H and O–H groups in total. The molecule has 14 heavy (non-hydrogen) atoms. The third-order valence-corrected chi connectivity index (χ3v) is 1.87. The molecular formula is C11H15N3. The molecule has 0 saturated heterocycles. The second-order valence-corrected chi connectivity index (χ2v) is 3.00. The Morgan fingerprint density at radius 3 is 2.86 bits per heavy atom. The van der Waals surface area contributed by atoms with E-state index in [1.54, 1.807) is 19.5 Å². The van der Waals surface area contributed by atoms with Crippen molar-refractivity contribution in [1.82, 2.24) is 9.55 Å². The van der Waals surface area contributed by atoms with Crippen LogP contribution in [0.15, 0.2) is 35.6 Å². The number of aliphatic imine (C=N–C) groups is 1. The van der Waals surface area contributed by atoms with Crippen molar-refractivity contribution in [2.45, 2.75) is 6.92 Å². The minimum atomic E-state index is 0.989. The molecule has 1 heterocycles. The van der Waals surface area contributed by atoms with E-state index >= 15 is 0 Å². The van der Waals surface area contributed by atoms with E-state index in [4.69, 9.17) is 0 Å². The summed E-state index contributed by atoms with van der Waals surface area (Å²) >= 11 is 0. The molecule has 1 aromatic rings. The highest BCUT2D eigenvalue weighted by Gasteiger charge is 1.98. The first-order chi connectivity index (χ1) is 6.75. The van der Waals surface area contributed by atoms with Crippen LogP contribution in [-0.4, -0.2) is 22.8 Å². The first-order valence-electron chi connectivity index (χ1n) is 4.49. The molecule has 0 atom stereocenters. The van der Waals surface area contributed by atoms with Crippen LogP contribution < -0.4 is 0 Å². The lowest BCUT2D eigenvalue weighted by atomic mass is 10.2. The van der Waals surface area contributed by atoms with E-state index in [1.807, 2.05) is 43.0 Å². The molecule has 1 aromatic heterocycles. The second-order valence-electron chi connectivity index (χ2n) is 3.00. The van der Waals surface area contributed by atoms with Gasteiger partial charge in [0.2, 0.25) is 0 Å². The van der Waals surface area contributed by atoms with Gasteiger partial charge in [0.15, 0.2) is 0 Å². The van der Waals surface area contributed by atoms with Gasteiger partial charge in [-0.3, -0.25) is 4.99 Å². The zero-order chi connectivity index (χ0) is 10.4. The number of hydrogen-bond acceptors (Lipinski definition) is 2. The Hall–Kier alpha value is -1.64. The van der Waals surface area contributed by atoms with Crippen molar-refractivity contribution >= 4 is 11.8 Å². The Labute approximate surface area is 84.5 Å². The Morgan fingerprint density at radius 2 is 2.29 bits per heavy atom.